The monoisotopic (exact) mass is 197 g/mol. The number of nitrogens with two attached hydrogens (primary N) is 1. The normalized spacial score (nSPS) is 9.69. The molecule has 0 saturated heterocycles. The Morgan fingerprint density at radius 2 is 2.31 bits per heavy atom. The van der Waals surface area contributed by atoms with E-state index in [2.05, 4.69) is 9.47 Å². The van der Waals surface area contributed by atoms with Crippen LogP contribution in [0.4, 0.5) is 5.69 Å². The third-order valence-corrected chi connectivity index (χ3v) is 2.05. The van der Waals surface area contributed by atoms with Gasteiger partial charge in [0.05, 0.1) is 9.47 Å². The fraction of sp³-hybridized carbons (Fsp3) is 0.222. The summed E-state index contributed by atoms with van der Waals surface area (Å²) in [6, 6.07) is 5.03. The number of hydrogen-bond acceptors (Lipinski definition) is 3. The summed E-state index contributed by atoms with van der Waals surface area (Å²) in [6.07, 6.45) is 0.449. The van der Waals surface area contributed by atoms with Gasteiger partial charge in [-0.05, 0) is 18.2 Å². The molecule has 2 N–H and O–H groups in total. The molecule has 0 aliphatic heterocycles. The highest BCUT2D eigenvalue weighted by Gasteiger charge is 2.08. The first-order chi connectivity index (χ1) is 6.19. The average Bonchev–Trinajstić information content (AvgIpc) is 2.17. The van der Waals surface area contributed by atoms with Crippen molar-refractivity contribution in [1.29, 1.82) is 0 Å². The Morgan fingerprint density at radius 1 is 1.62 bits per heavy atom. The van der Waals surface area contributed by atoms with E-state index >= 15 is 0 Å². The SMILES string of the molecule is CCC(=O)c1cc(OP)ccc1N. The molecule has 0 aliphatic rings. The second-order valence-corrected chi connectivity index (χ2v) is 2.88. The predicted octanol–water partition coefficient (Wildman–Crippen LogP) is 2.03. The fourth-order valence-corrected chi connectivity index (χ4v) is 1.19. The zero-order valence-corrected chi connectivity index (χ0v) is 8.57. The maximum Gasteiger partial charge on any atom is 0.164 e. The average molecular weight is 197 g/mol. The van der Waals surface area contributed by atoms with Crippen molar-refractivity contribution in [2.45, 2.75) is 13.3 Å². The van der Waals surface area contributed by atoms with Gasteiger partial charge in [0.25, 0.3) is 0 Å². The molecule has 1 unspecified atom stereocenters. The van der Waals surface area contributed by atoms with E-state index in [0.29, 0.717) is 23.4 Å². The molecule has 0 bridgehead atoms. The van der Waals surface area contributed by atoms with E-state index in [4.69, 9.17) is 10.3 Å². The van der Waals surface area contributed by atoms with Crippen LogP contribution in [-0.2, 0) is 0 Å². The van der Waals surface area contributed by atoms with Crippen LogP contribution in [0.5, 0.6) is 5.75 Å². The number of benzene rings is 1. The van der Waals surface area contributed by atoms with Crippen molar-refractivity contribution in [1.82, 2.24) is 0 Å². The van der Waals surface area contributed by atoms with E-state index in [1.54, 1.807) is 25.1 Å². The van der Waals surface area contributed by atoms with Crippen LogP contribution in [-0.4, -0.2) is 5.78 Å². The summed E-state index contributed by atoms with van der Waals surface area (Å²) >= 11 is 0. The zero-order chi connectivity index (χ0) is 9.84. The van der Waals surface area contributed by atoms with E-state index < -0.39 is 0 Å². The summed E-state index contributed by atoms with van der Waals surface area (Å²) in [4.78, 5) is 11.4. The van der Waals surface area contributed by atoms with Gasteiger partial charge in [0, 0.05) is 17.7 Å². The lowest BCUT2D eigenvalue weighted by atomic mass is 10.1. The number of rotatable bonds is 3. The zero-order valence-electron chi connectivity index (χ0n) is 7.41. The van der Waals surface area contributed by atoms with Crippen molar-refractivity contribution in [3.63, 3.8) is 0 Å². The highest BCUT2D eigenvalue weighted by atomic mass is 31.0. The predicted molar refractivity (Wildman–Crippen MR) is 55.8 cm³/mol. The molecule has 0 saturated carbocycles. The van der Waals surface area contributed by atoms with E-state index in [1.807, 2.05) is 0 Å². The van der Waals surface area contributed by atoms with E-state index in [-0.39, 0.29) is 5.78 Å². The Kier molecular flexibility index (Phi) is 3.26. The molecular formula is C9H12NO2P. The molecule has 1 rings (SSSR count). The molecule has 0 fully saturated rings. The molecule has 1 aromatic rings. The Morgan fingerprint density at radius 3 is 2.85 bits per heavy atom. The first-order valence-electron chi connectivity index (χ1n) is 3.98. The van der Waals surface area contributed by atoms with Gasteiger partial charge < -0.3 is 10.3 Å². The molecule has 0 heterocycles. The number of carbonyl (C=O) groups excluding carboxylic acids is 1. The highest BCUT2D eigenvalue weighted by molar-refractivity contribution is 7.10. The minimum Gasteiger partial charge on any atom is -0.480 e. The summed E-state index contributed by atoms with van der Waals surface area (Å²) in [7, 11) is 2.13. The van der Waals surface area contributed by atoms with Crippen LogP contribution in [0.1, 0.15) is 23.7 Å². The van der Waals surface area contributed by atoms with Crippen LogP contribution in [0.2, 0.25) is 0 Å². The lowest BCUT2D eigenvalue weighted by molar-refractivity contribution is 0.0989. The molecule has 0 radical (unpaired) electrons. The molecule has 0 aromatic heterocycles. The number of Topliss-reactive ketones (excluding diaryl/α,β-unsaturated/α-hetero) is 1. The third kappa shape index (κ3) is 2.19. The molecule has 0 spiro atoms. The van der Waals surface area contributed by atoms with Crippen LogP contribution in [0.15, 0.2) is 18.2 Å². The fourth-order valence-electron chi connectivity index (χ4n) is 1.04. The quantitative estimate of drug-likeness (QED) is 0.458. The molecule has 0 amide bonds. The summed E-state index contributed by atoms with van der Waals surface area (Å²) in [5.74, 6) is 0.650. The van der Waals surface area contributed by atoms with Crippen LogP contribution < -0.4 is 10.3 Å². The van der Waals surface area contributed by atoms with Crippen LogP contribution in [0, 0.1) is 0 Å². The van der Waals surface area contributed by atoms with Crippen molar-refractivity contribution >= 4 is 20.9 Å². The molecule has 1 aromatic carbocycles. The van der Waals surface area contributed by atoms with Gasteiger partial charge >= 0.3 is 0 Å². The molecule has 0 aliphatic carbocycles. The minimum absolute atomic E-state index is 0.0291. The molecule has 70 valence electrons. The van der Waals surface area contributed by atoms with Gasteiger partial charge in [-0.25, -0.2) is 0 Å². The van der Waals surface area contributed by atoms with Crippen molar-refractivity contribution in [2.24, 2.45) is 0 Å². The van der Waals surface area contributed by atoms with Gasteiger partial charge in [0.2, 0.25) is 0 Å². The Hall–Kier alpha value is -1.08. The Labute approximate surface area is 79.6 Å². The first kappa shape index (κ1) is 10.0. The largest absolute Gasteiger partial charge is 0.480 e. The van der Waals surface area contributed by atoms with Crippen molar-refractivity contribution in [2.75, 3.05) is 5.73 Å². The lowest BCUT2D eigenvalue weighted by Gasteiger charge is -2.05. The lowest BCUT2D eigenvalue weighted by Crippen LogP contribution is -2.02. The van der Waals surface area contributed by atoms with E-state index in [1.165, 1.54) is 0 Å². The number of ketones is 1. The van der Waals surface area contributed by atoms with Crippen LogP contribution in [0.25, 0.3) is 0 Å². The topological polar surface area (TPSA) is 52.3 Å². The number of carbonyl (C=O) groups is 1. The van der Waals surface area contributed by atoms with Crippen LogP contribution in [0.3, 0.4) is 0 Å². The molecule has 4 heteroatoms. The van der Waals surface area contributed by atoms with E-state index in [9.17, 15) is 4.79 Å². The van der Waals surface area contributed by atoms with Gasteiger partial charge in [-0.1, -0.05) is 6.92 Å². The summed E-state index contributed by atoms with van der Waals surface area (Å²) in [5, 5.41) is 0. The summed E-state index contributed by atoms with van der Waals surface area (Å²) < 4.78 is 4.91. The van der Waals surface area contributed by atoms with Crippen LogP contribution >= 0.6 is 9.47 Å². The third-order valence-electron chi connectivity index (χ3n) is 1.78. The molecule has 3 nitrogen and oxygen atoms in total. The van der Waals surface area contributed by atoms with Gasteiger partial charge in [0.1, 0.15) is 5.75 Å². The summed E-state index contributed by atoms with van der Waals surface area (Å²) in [6.45, 7) is 1.80. The van der Waals surface area contributed by atoms with Gasteiger partial charge in [-0.15, -0.1) is 0 Å². The second kappa shape index (κ2) is 4.24. The maximum absolute atomic E-state index is 11.4. The number of hydrogen-bond donors (Lipinski definition) is 1. The maximum atomic E-state index is 11.4. The molecular weight excluding hydrogens is 185 g/mol. The summed E-state index contributed by atoms with van der Waals surface area (Å²) in [5.41, 5.74) is 6.67. The minimum atomic E-state index is 0.0291. The second-order valence-electron chi connectivity index (χ2n) is 2.64. The molecule has 13 heavy (non-hydrogen) atoms. The van der Waals surface area contributed by atoms with Gasteiger partial charge in [0.15, 0.2) is 5.78 Å². The number of anilines is 1. The van der Waals surface area contributed by atoms with Crippen molar-refractivity contribution in [3.05, 3.63) is 23.8 Å². The number of nitrogen functional groups attached to an aromatic ring is 1. The Bertz CT molecular complexity index is 325. The molecule has 1 atom stereocenters. The Balaban J connectivity index is 3.11. The van der Waals surface area contributed by atoms with E-state index in [0.717, 1.165) is 0 Å². The van der Waals surface area contributed by atoms with Gasteiger partial charge in [-0.3, -0.25) is 4.79 Å². The highest BCUT2D eigenvalue weighted by Crippen LogP contribution is 2.22. The van der Waals surface area contributed by atoms with Gasteiger partial charge in [-0.2, -0.15) is 0 Å². The smallest absolute Gasteiger partial charge is 0.164 e. The van der Waals surface area contributed by atoms with Crippen molar-refractivity contribution < 1.29 is 9.32 Å². The first-order valence-corrected chi connectivity index (χ1v) is 4.45. The van der Waals surface area contributed by atoms with Crippen molar-refractivity contribution in [3.8, 4) is 5.75 Å². The standard InChI is InChI=1S/C9H12NO2P/c1-2-9(11)7-5-6(12-13)3-4-8(7)10/h3-5H,2,10,13H2,1H3.